The summed E-state index contributed by atoms with van der Waals surface area (Å²) in [7, 11) is 0. The third kappa shape index (κ3) is 5.98. The lowest BCUT2D eigenvalue weighted by molar-refractivity contribution is -0.140. The predicted octanol–water partition coefficient (Wildman–Crippen LogP) is 4.48. The van der Waals surface area contributed by atoms with Crippen LogP contribution in [0.5, 0.6) is 0 Å². The van der Waals surface area contributed by atoms with Gasteiger partial charge in [-0.05, 0) is 31.0 Å². The van der Waals surface area contributed by atoms with Gasteiger partial charge >= 0.3 is 0 Å². The second kappa shape index (κ2) is 10.3. The molecule has 0 aliphatic rings. The highest BCUT2D eigenvalue weighted by molar-refractivity contribution is 6.36. The molecule has 0 saturated heterocycles. The predicted molar refractivity (Wildman–Crippen MR) is 110 cm³/mol. The van der Waals surface area contributed by atoms with Crippen LogP contribution in [0.1, 0.15) is 31.4 Å². The summed E-state index contributed by atoms with van der Waals surface area (Å²) in [6, 6.07) is 14.0. The fourth-order valence-corrected chi connectivity index (χ4v) is 3.22. The van der Waals surface area contributed by atoms with Crippen molar-refractivity contribution in [1.82, 2.24) is 10.2 Å². The van der Waals surface area contributed by atoms with Gasteiger partial charge in [0.1, 0.15) is 6.04 Å². The number of carbonyl (C=O) groups is 2. The molecular formula is C21H24Cl2N2O2. The van der Waals surface area contributed by atoms with Crippen LogP contribution in [0.3, 0.4) is 0 Å². The van der Waals surface area contributed by atoms with Crippen molar-refractivity contribution in [3.8, 4) is 0 Å². The largest absolute Gasteiger partial charge is 0.354 e. The van der Waals surface area contributed by atoms with Gasteiger partial charge in [-0.3, -0.25) is 9.59 Å². The van der Waals surface area contributed by atoms with E-state index in [4.69, 9.17) is 23.2 Å². The summed E-state index contributed by atoms with van der Waals surface area (Å²) in [5.74, 6) is -0.349. The zero-order valence-electron chi connectivity index (χ0n) is 15.5. The highest BCUT2D eigenvalue weighted by Gasteiger charge is 2.27. The number of rotatable bonds is 8. The zero-order valence-corrected chi connectivity index (χ0v) is 17.1. The van der Waals surface area contributed by atoms with Gasteiger partial charge in [0.25, 0.3) is 0 Å². The van der Waals surface area contributed by atoms with Gasteiger partial charge in [-0.25, -0.2) is 0 Å². The second-order valence-electron chi connectivity index (χ2n) is 6.35. The summed E-state index contributed by atoms with van der Waals surface area (Å²) in [6.45, 7) is 4.44. The number of nitrogens with zero attached hydrogens (tertiary/aromatic N) is 1. The maximum atomic E-state index is 13.0. The van der Waals surface area contributed by atoms with Crippen molar-refractivity contribution in [3.63, 3.8) is 0 Å². The summed E-state index contributed by atoms with van der Waals surface area (Å²) in [5.41, 5.74) is 1.52. The summed E-state index contributed by atoms with van der Waals surface area (Å²) in [5, 5.41) is 3.79. The standard InChI is InChI=1S/C21H24Cl2N2O2/c1-3-12-24-21(27)15(2)25(14-17-18(22)10-7-11-19(17)23)20(26)13-16-8-5-4-6-9-16/h4-11,15H,3,12-14H2,1-2H3,(H,24,27)/t15-/m0/s1. The third-order valence-corrected chi connectivity index (χ3v) is 5.01. The van der Waals surface area contributed by atoms with Crippen LogP contribution in [0.15, 0.2) is 48.5 Å². The van der Waals surface area contributed by atoms with Crippen LogP contribution in [0.2, 0.25) is 10.0 Å². The van der Waals surface area contributed by atoms with Gasteiger partial charge in [-0.2, -0.15) is 0 Å². The summed E-state index contributed by atoms with van der Waals surface area (Å²) in [6.07, 6.45) is 1.03. The molecular weight excluding hydrogens is 383 g/mol. The summed E-state index contributed by atoms with van der Waals surface area (Å²) < 4.78 is 0. The maximum absolute atomic E-state index is 13.0. The van der Waals surface area contributed by atoms with Crippen LogP contribution in [-0.2, 0) is 22.6 Å². The smallest absolute Gasteiger partial charge is 0.242 e. The molecule has 0 unspecified atom stereocenters. The molecule has 1 atom stereocenters. The SMILES string of the molecule is CCCNC(=O)[C@H](C)N(Cc1c(Cl)cccc1Cl)C(=O)Cc1ccccc1. The molecule has 27 heavy (non-hydrogen) atoms. The molecule has 2 aromatic carbocycles. The maximum Gasteiger partial charge on any atom is 0.242 e. The minimum absolute atomic E-state index is 0.156. The first-order valence-electron chi connectivity index (χ1n) is 8.98. The number of halogens is 2. The van der Waals surface area contributed by atoms with E-state index in [1.807, 2.05) is 37.3 Å². The van der Waals surface area contributed by atoms with Crippen LogP contribution >= 0.6 is 23.2 Å². The van der Waals surface area contributed by atoms with Crippen molar-refractivity contribution < 1.29 is 9.59 Å². The molecule has 0 aromatic heterocycles. The van der Waals surface area contributed by atoms with E-state index in [0.717, 1.165) is 12.0 Å². The molecule has 0 heterocycles. The molecule has 0 spiro atoms. The normalized spacial score (nSPS) is 11.7. The summed E-state index contributed by atoms with van der Waals surface area (Å²) >= 11 is 12.6. The average molecular weight is 407 g/mol. The van der Waals surface area contributed by atoms with E-state index in [2.05, 4.69) is 5.32 Å². The molecule has 0 saturated carbocycles. The fraction of sp³-hybridized carbons (Fsp3) is 0.333. The van der Waals surface area contributed by atoms with Gasteiger partial charge in [0, 0.05) is 28.7 Å². The fourth-order valence-electron chi connectivity index (χ4n) is 2.70. The van der Waals surface area contributed by atoms with Gasteiger partial charge in [0.15, 0.2) is 0 Å². The van der Waals surface area contributed by atoms with E-state index in [9.17, 15) is 9.59 Å². The minimum atomic E-state index is -0.639. The van der Waals surface area contributed by atoms with Crippen molar-refractivity contribution in [3.05, 3.63) is 69.7 Å². The number of hydrogen-bond donors (Lipinski definition) is 1. The van der Waals surface area contributed by atoms with Gasteiger partial charge in [0.2, 0.25) is 11.8 Å². The van der Waals surface area contributed by atoms with E-state index in [0.29, 0.717) is 22.2 Å². The number of amides is 2. The van der Waals surface area contributed by atoms with E-state index >= 15 is 0 Å². The molecule has 0 bridgehead atoms. The minimum Gasteiger partial charge on any atom is -0.354 e. The van der Waals surface area contributed by atoms with Crippen LogP contribution in [0, 0.1) is 0 Å². The monoisotopic (exact) mass is 406 g/mol. The average Bonchev–Trinajstić information content (AvgIpc) is 2.66. The Bertz CT molecular complexity index is 761. The van der Waals surface area contributed by atoms with Crippen molar-refractivity contribution in [2.45, 2.75) is 39.3 Å². The molecule has 1 N–H and O–H groups in total. The molecule has 0 fully saturated rings. The lowest BCUT2D eigenvalue weighted by Gasteiger charge is -2.29. The Labute approximate surface area is 170 Å². The van der Waals surface area contributed by atoms with Crippen LogP contribution < -0.4 is 5.32 Å². The Balaban J connectivity index is 2.27. The van der Waals surface area contributed by atoms with E-state index in [-0.39, 0.29) is 24.8 Å². The van der Waals surface area contributed by atoms with E-state index in [1.165, 1.54) is 4.90 Å². The molecule has 0 aliphatic heterocycles. The van der Waals surface area contributed by atoms with E-state index in [1.54, 1.807) is 25.1 Å². The molecule has 4 nitrogen and oxygen atoms in total. The Kier molecular flexibility index (Phi) is 8.14. The first-order chi connectivity index (χ1) is 12.9. The second-order valence-corrected chi connectivity index (χ2v) is 7.17. The van der Waals surface area contributed by atoms with Gasteiger partial charge in [-0.15, -0.1) is 0 Å². The Morgan fingerprint density at radius 1 is 1.04 bits per heavy atom. The number of benzene rings is 2. The molecule has 2 aromatic rings. The topological polar surface area (TPSA) is 49.4 Å². The number of hydrogen-bond acceptors (Lipinski definition) is 2. The van der Waals surface area contributed by atoms with Gasteiger partial charge < -0.3 is 10.2 Å². The molecule has 2 amide bonds. The van der Waals surface area contributed by atoms with Crippen LogP contribution in [-0.4, -0.2) is 29.3 Å². The first-order valence-corrected chi connectivity index (χ1v) is 9.73. The zero-order chi connectivity index (χ0) is 19.8. The third-order valence-electron chi connectivity index (χ3n) is 4.30. The highest BCUT2D eigenvalue weighted by Crippen LogP contribution is 2.26. The quantitative estimate of drug-likeness (QED) is 0.702. The molecule has 144 valence electrons. The Morgan fingerprint density at radius 2 is 1.67 bits per heavy atom. The van der Waals surface area contributed by atoms with Crippen molar-refractivity contribution >= 4 is 35.0 Å². The van der Waals surface area contributed by atoms with Crippen molar-refractivity contribution in [1.29, 1.82) is 0 Å². The molecule has 0 aliphatic carbocycles. The number of nitrogens with one attached hydrogen (secondary N) is 1. The Hall–Kier alpha value is -2.04. The lowest BCUT2D eigenvalue weighted by atomic mass is 10.1. The van der Waals surface area contributed by atoms with Crippen LogP contribution in [0.4, 0.5) is 0 Å². The first kappa shape index (κ1) is 21.3. The van der Waals surface area contributed by atoms with E-state index < -0.39 is 6.04 Å². The highest BCUT2D eigenvalue weighted by atomic mass is 35.5. The van der Waals surface area contributed by atoms with Gasteiger partial charge in [0.05, 0.1) is 6.42 Å². The summed E-state index contributed by atoms with van der Waals surface area (Å²) in [4.78, 5) is 27.0. The number of carbonyl (C=O) groups excluding carboxylic acids is 2. The van der Waals surface area contributed by atoms with Crippen LogP contribution in [0.25, 0.3) is 0 Å². The van der Waals surface area contributed by atoms with Gasteiger partial charge in [-0.1, -0.05) is 66.5 Å². The molecule has 0 radical (unpaired) electrons. The molecule has 2 rings (SSSR count). The van der Waals surface area contributed by atoms with Crippen molar-refractivity contribution in [2.75, 3.05) is 6.54 Å². The molecule has 6 heteroatoms. The lowest BCUT2D eigenvalue weighted by Crippen LogP contribution is -2.48. The van der Waals surface area contributed by atoms with Crippen molar-refractivity contribution in [2.24, 2.45) is 0 Å². The Morgan fingerprint density at radius 3 is 2.26 bits per heavy atom.